The van der Waals surface area contributed by atoms with Gasteiger partial charge in [-0.3, -0.25) is 25.2 Å². The number of likely N-dealkylation sites (tertiary alicyclic amines) is 1. The van der Waals surface area contributed by atoms with E-state index in [0.29, 0.717) is 55.2 Å². The Bertz CT molecular complexity index is 1080. The number of ether oxygens (including phenoxy) is 1. The van der Waals surface area contributed by atoms with Gasteiger partial charge in [-0.15, -0.1) is 0 Å². The number of halogens is 3. The minimum absolute atomic E-state index is 0.0457. The van der Waals surface area contributed by atoms with Crippen LogP contribution in [0.2, 0.25) is 0 Å². The second-order valence-corrected chi connectivity index (χ2v) is 10.3. The molecule has 1 aromatic rings. The molecule has 1 aromatic heterocycles. The molecule has 3 fully saturated rings. The smallest absolute Gasteiger partial charge is 0.405 e. The van der Waals surface area contributed by atoms with E-state index in [2.05, 4.69) is 15.8 Å². The normalized spacial score (nSPS) is 26.7. The Hall–Kier alpha value is -2.93. The molecule has 3 amide bonds. The number of methoxy groups -OCH3 is 1. The largest absolute Gasteiger partial charge is 0.481 e. The van der Waals surface area contributed by atoms with Crippen LogP contribution in [0.15, 0.2) is 12.1 Å². The van der Waals surface area contributed by atoms with Gasteiger partial charge >= 0.3 is 6.18 Å². The van der Waals surface area contributed by atoms with Gasteiger partial charge in [0.05, 0.1) is 23.9 Å². The van der Waals surface area contributed by atoms with Gasteiger partial charge in [0.15, 0.2) is 0 Å². The van der Waals surface area contributed by atoms with Crippen LogP contribution in [0.25, 0.3) is 0 Å². The van der Waals surface area contributed by atoms with E-state index in [1.165, 1.54) is 12.0 Å². The summed E-state index contributed by atoms with van der Waals surface area (Å²) in [6.45, 7) is -0.454. The quantitative estimate of drug-likeness (QED) is 0.524. The van der Waals surface area contributed by atoms with E-state index in [4.69, 9.17) is 4.74 Å². The first-order chi connectivity index (χ1) is 17.6. The average molecular weight is 525 g/mol. The van der Waals surface area contributed by atoms with Crippen molar-refractivity contribution in [1.29, 1.82) is 0 Å². The van der Waals surface area contributed by atoms with Crippen LogP contribution >= 0.6 is 0 Å². The molecule has 3 unspecified atom stereocenters. The van der Waals surface area contributed by atoms with Gasteiger partial charge in [0.2, 0.25) is 23.6 Å². The Morgan fingerprint density at radius 1 is 1.24 bits per heavy atom. The molecule has 13 heteroatoms. The van der Waals surface area contributed by atoms with Crippen LogP contribution in [0.5, 0.6) is 5.88 Å². The molecule has 3 aliphatic heterocycles. The number of rotatable bonds is 5. The molecule has 10 nitrogen and oxygen atoms in total. The van der Waals surface area contributed by atoms with E-state index in [1.54, 1.807) is 12.1 Å². The number of nitrogens with one attached hydrogen (secondary N) is 3. The molecule has 3 atom stereocenters. The maximum Gasteiger partial charge on any atom is 0.405 e. The molecule has 0 radical (unpaired) electrons. The van der Waals surface area contributed by atoms with E-state index in [0.717, 1.165) is 25.8 Å². The van der Waals surface area contributed by atoms with E-state index in [-0.39, 0.29) is 17.7 Å². The molecule has 37 heavy (non-hydrogen) atoms. The molecule has 1 aliphatic carbocycles. The number of carbonyl (C=O) groups is 3. The lowest BCUT2D eigenvalue weighted by atomic mass is 9.75. The van der Waals surface area contributed by atoms with Crippen LogP contribution in [-0.4, -0.2) is 79.7 Å². The Morgan fingerprint density at radius 3 is 2.70 bits per heavy atom. The lowest BCUT2D eigenvalue weighted by molar-refractivity contribution is -0.141. The first-order valence-corrected chi connectivity index (χ1v) is 12.6. The predicted molar refractivity (Wildman–Crippen MR) is 125 cm³/mol. The molecule has 1 spiro atoms. The summed E-state index contributed by atoms with van der Waals surface area (Å²) in [6.07, 6.45) is -1.35. The lowest BCUT2D eigenvalue weighted by Crippen LogP contribution is -2.53. The van der Waals surface area contributed by atoms with Crippen molar-refractivity contribution in [3.05, 3.63) is 17.8 Å². The molecule has 5 rings (SSSR count). The molecule has 202 valence electrons. The maximum atomic E-state index is 13.7. The summed E-state index contributed by atoms with van der Waals surface area (Å²) in [7, 11) is 1.45. The molecule has 0 bridgehead atoms. The Balaban J connectivity index is 1.31. The van der Waals surface area contributed by atoms with Gasteiger partial charge in [-0.25, -0.2) is 4.98 Å². The van der Waals surface area contributed by atoms with Gasteiger partial charge in [-0.2, -0.15) is 13.2 Å². The van der Waals surface area contributed by atoms with Crippen molar-refractivity contribution in [1.82, 2.24) is 26.1 Å². The Morgan fingerprint density at radius 2 is 2.00 bits per heavy atom. The molecular formula is C24H31F3N6O4. The monoisotopic (exact) mass is 524 g/mol. The summed E-state index contributed by atoms with van der Waals surface area (Å²) >= 11 is 0. The number of aromatic nitrogens is 1. The molecule has 0 aromatic carbocycles. The number of fused-ring (bicyclic) bond motifs is 3. The number of pyridine rings is 1. The number of amides is 3. The second-order valence-electron chi connectivity index (χ2n) is 10.3. The molecule has 2 saturated heterocycles. The number of hydrazine groups is 1. The number of nitrogens with zero attached hydrogens (tertiary/aromatic N) is 3. The number of hydrogen-bond acceptors (Lipinski definition) is 7. The summed E-state index contributed by atoms with van der Waals surface area (Å²) < 4.78 is 42.9. The van der Waals surface area contributed by atoms with Crippen LogP contribution in [0, 0.1) is 11.8 Å². The van der Waals surface area contributed by atoms with Crippen molar-refractivity contribution >= 4 is 23.4 Å². The number of alkyl halides is 3. The predicted octanol–water partition coefficient (Wildman–Crippen LogP) is 0.868. The first kappa shape index (κ1) is 25.7. The van der Waals surface area contributed by atoms with Gasteiger partial charge in [0.25, 0.3) is 0 Å². The number of anilines is 1. The van der Waals surface area contributed by atoms with Gasteiger partial charge in [0.1, 0.15) is 13.1 Å². The fraction of sp³-hybridized carbons (Fsp3) is 0.667. The molecular weight excluding hydrogens is 493 g/mol. The van der Waals surface area contributed by atoms with Crippen LogP contribution in [-0.2, 0) is 19.8 Å². The van der Waals surface area contributed by atoms with Crippen LogP contribution in [0.3, 0.4) is 0 Å². The highest BCUT2D eigenvalue weighted by molar-refractivity contribution is 6.10. The molecule has 3 N–H and O–H groups in total. The van der Waals surface area contributed by atoms with Gasteiger partial charge < -0.3 is 19.9 Å². The topological polar surface area (TPSA) is 116 Å². The third-order valence-corrected chi connectivity index (χ3v) is 8.16. The van der Waals surface area contributed by atoms with Crippen molar-refractivity contribution in [2.24, 2.45) is 11.8 Å². The third-order valence-electron chi connectivity index (χ3n) is 8.16. The maximum absolute atomic E-state index is 13.7. The highest BCUT2D eigenvalue weighted by Gasteiger charge is 2.54. The van der Waals surface area contributed by atoms with Crippen molar-refractivity contribution < 1.29 is 32.3 Å². The summed E-state index contributed by atoms with van der Waals surface area (Å²) in [4.78, 5) is 46.9. The molecule has 1 saturated carbocycles. The summed E-state index contributed by atoms with van der Waals surface area (Å²) in [6, 6.07) is 3.56. The van der Waals surface area contributed by atoms with Gasteiger partial charge in [0, 0.05) is 37.7 Å². The minimum atomic E-state index is -4.55. The van der Waals surface area contributed by atoms with E-state index in [1.807, 2.05) is 10.2 Å². The van der Waals surface area contributed by atoms with Crippen molar-refractivity contribution in [2.45, 2.75) is 49.7 Å². The fourth-order valence-electron chi connectivity index (χ4n) is 6.18. The number of hydrogen-bond donors (Lipinski definition) is 3. The second kappa shape index (κ2) is 9.75. The fourth-order valence-corrected chi connectivity index (χ4v) is 6.18. The highest BCUT2D eigenvalue weighted by Crippen LogP contribution is 2.48. The zero-order valence-corrected chi connectivity index (χ0v) is 20.6. The van der Waals surface area contributed by atoms with E-state index in [9.17, 15) is 27.6 Å². The molecule has 4 heterocycles. The Labute approximate surface area is 212 Å². The van der Waals surface area contributed by atoms with Crippen LogP contribution in [0.1, 0.15) is 37.8 Å². The zero-order chi connectivity index (χ0) is 26.4. The Kier molecular flexibility index (Phi) is 6.77. The highest BCUT2D eigenvalue weighted by atomic mass is 19.4. The lowest BCUT2D eigenvalue weighted by Gasteiger charge is -2.40. The number of piperidine rings is 1. The summed E-state index contributed by atoms with van der Waals surface area (Å²) in [5, 5.41) is 1.82. The standard InChI is InChI=1S/C24H31F3N6O4/c1-37-19-5-4-17-20(30-19)23(22(36)33(17)12-18(34)28-13-24(25,26)27)6-8-32(9-7-23)21(35)14-2-3-16-15(10-14)11-29-31-16/h4-5,14-16,29,31H,2-3,6-13H2,1H3,(H,28,34). The van der Waals surface area contributed by atoms with E-state index < -0.39 is 30.6 Å². The third kappa shape index (κ3) is 4.86. The summed E-state index contributed by atoms with van der Waals surface area (Å²) in [5.41, 5.74) is 6.20. The average Bonchev–Trinajstić information content (AvgIpc) is 3.44. The first-order valence-electron chi connectivity index (χ1n) is 12.6. The van der Waals surface area contributed by atoms with Crippen LogP contribution in [0.4, 0.5) is 18.9 Å². The zero-order valence-electron chi connectivity index (χ0n) is 20.6. The SMILES string of the molecule is COc1ccc2c(n1)C1(CCN(C(=O)C3CCC4NNCC4C3)CC1)C(=O)N2CC(=O)NCC(F)(F)F. The minimum Gasteiger partial charge on any atom is -0.481 e. The van der Waals surface area contributed by atoms with Crippen LogP contribution < -0.4 is 25.8 Å². The molecule has 4 aliphatic rings. The van der Waals surface area contributed by atoms with Gasteiger partial charge in [-0.1, -0.05) is 0 Å². The van der Waals surface area contributed by atoms with Gasteiger partial charge in [-0.05, 0) is 44.1 Å². The summed E-state index contributed by atoms with van der Waals surface area (Å²) in [5.74, 6) is -0.521. The van der Waals surface area contributed by atoms with Crippen molar-refractivity contribution in [3.8, 4) is 5.88 Å². The van der Waals surface area contributed by atoms with Crippen molar-refractivity contribution in [2.75, 3.05) is 44.7 Å². The van der Waals surface area contributed by atoms with Crippen molar-refractivity contribution in [3.63, 3.8) is 0 Å². The number of carbonyl (C=O) groups excluding carboxylic acids is 3. The van der Waals surface area contributed by atoms with E-state index >= 15 is 0 Å².